The number of hydrogen-bond acceptors (Lipinski definition) is 4. The molecular weight excluding hydrogens is 178 g/mol. The van der Waals surface area contributed by atoms with Crippen LogP contribution in [0.25, 0.3) is 0 Å². The molecule has 4 heteroatoms. The van der Waals surface area contributed by atoms with Crippen LogP contribution in [-0.4, -0.2) is 17.1 Å². The monoisotopic (exact) mass is 195 g/mol. The zero-order valence-corrected chi connectivity index (χ0v) is 9.16. The molecule has 4 nitrogen and oxygen atoms in total. The van der Waals surface area contributed by atoms with Crippen LogP contribution >= 0.6 is 0 Å². The smallest absolute Gasteiger partial charge is 0.179 e. The third-order valence-corrected chi connectivity index (χ3v) is 1.74. The first-order valence-corrected chi connectivity index (χ1v) is 4.58. The summed E-state index contributed by atoms with van der Waals surface area (Å²) in [5.41, 5.74) is 5.84. The van der Waals surface area contributed by atoms with Gasteiger partial charge >= 0.3 is 0 Å². The maximum Gasteiger partial charge on any atom is 0.179 e. The van der Waals surface area contributed by atoms with Crippen molar-refractivity contribution in [3.63, 3.8) is 0 Å². The highest BCUT2D eigenvalue weighted by atomic mass is 16.5. The summed E-state index contributed by atoms with van der Waals surface area (Å²) in [7, 11) is 1.55. The Morgan fingerprint density at radius 3 is 2.50 bits per heavy atom. The fourth-order valence-corrected chi connectivity index (χ4v) is 1.14. The maximum absolute atomic E-state index is 5.67. The maximum atomic E-state index is 5.67. The number of ether oxygens (including phenoxy) is 1. The van der Waals surface area contributed by atoms with Crippen LogP contribution < -0.4 is 10.5 Å². The van der Waals surface area contributed by atoms with Gasteiger partial charge in [0.2, 0.25) is 0 Å². The molecule has 78 valence electrons. The summed E-state index contributed by atoms with van der Waals surface area (Å²) >= 11 is 0. The van der Waals surface area contributed by atoms with Crippen molar-refractivity contribution in [3.05, 3.63) is 12.0 Å². The van der Waals surface area contributed by atoms with E-state index in [1.54, 1.807) is 13.3 Å². The lowest BCUT2D eigenvalue weighted by Gasteiger charge is -2.16. The minimum Gasteiger partial charge on any atom is -0.491 e. The number of aromatic nitrogens is 2. The Morgan fingerprint density at radius 2 is 2.07 bits per heavy atom. The molecule has 0 bridgehead atoms. The molecule has 2 N–H and O–H groups in total. The molecule has 0 fully saturated rings. The zero-order chi connectivity index (χ0) is 10.8. The van der Waals surface area contributed by atoms with Gasteiger partial charge in [0.05, 0.1) is 13.3 Å². The van der Waals surface area contributed by atoms with Crippen LogP contribution in [0.2, 0.25) is 0 Å². The number of methoxy groups -OCH3 is 1. The predicted octanol–water partition coefficient (Wildman–Crippen LogP) is 1.66. The third kappa shape index (κ3) is 2.87. The molecule has 0 aliphatic carbocycles. The molecule has 0 aliphatic heterocycles. The second kappa shape index (κ2) is 3.82. The molecule has 1 heterocycles. The molecule has 1 aromatic rings. The highest BCUT2D eigenvalue weighted by Crippen LogP contribution is 2.21. The van der Waals surface area contributed by atoms with E-state index >= 15 is 0 Å². The Bertz CT molecular complexity index is 318. The SMILES string of the molecule is COc1cnc(CC(C)(C)C)nc1N. The van der Waals surface area contributed by atoms with Crippen LogP contribution in [0.4, 0.5) is 5.82 Å². The highest BCUT2D eigenvalue weighted by molar-refractivity contribution is 5.43. The Kier molecular flexibility index (Phi) is 2.93. The minimum atomic E-state index is 0.168. The van der Waals surface area contributed by atoms with Crippen molar-refractivity contribution >= 4 is 5.82 Å². The van der Waals surface area contributed by atoms with Gasteiger partial charge in [0.25, 0.3) is 0 Å². The third-order valence-electron chi connectivity index (χ3n) is 1.74. The van der Waals surface area contributed by atoms with Crippen molar-refractivity contribution in [1.82, 2.24) is 9.97 Å². The zero-order valence-electron chi connectivity index (χ0n) is 9.16. The first-order valence-electron chi connectivity index (χ1n) is 4.58. The first kappa shape index (κ1) is 10.8. The number of nitrogens with two attached hydrogens (primary N) is 1. The molecule has 0 radical (unpaired) electrons. The average Bonchev–Trinajstić information content (AvgIpc) is 2.01. The standard InChI is InChI=1S/C10H17N3O/c1-10(2,3)5-8-12-6-7(14-4)9(11)13-8/h6H,5H2,1-4H3,(H2,11,12,13). The van der Waals surface area contributed by atoms with Crippen molar-refractivity contribution in [3.8, 4) is 5.75 Å². The van der Waals surface area contributed by atoms with Crippen molar-refractivity contribution in [2.24, 2.45) is 5.41 Å². The van der Waals surface area contributed by atoms with Crippen LogP contribution in [0.15, 0.2) is 6.20 Å². The summed E-state index contributed by atoms with van der Waals surface area (Å²) in [6.45, 7) is 6.41. The van der Waals surface area contributed by atoms with Gasteiger partial charge in [0, 0.05) is 6.42 Å². The fourth-order valence-electron chi connectivity index (χ4n) is 1.14. The number of anilines is 1. The Labute approximate surface area is 84.5 Å². The van der Waals surface area contributed by atoms with Crippen LogP contribution in [0, 0.1) is 5.41 Å². The lowest BCUT2D eigenvalue weighted by Crippen LogP contribution is -2.13. The fraction of sp³-hybridized carbons (Fsp3) is 0.600. The van der Waals surface area contributed by atoms with Gasteiger partial charge in [-0.25, -0.2) is 9.97 Å². The van der Waals surface area contributed by atoms with E-state index in [-0.39, 0.29) is 5.41 Å². The number of nitrogen functional groups attached to an aromatic ring is 1. The molecule has 1 rings (SSSR count). The lowest BCUT2D eigenvalue weighted by molar-refractivity contribution is 0.393. The molecule has 0 unspecified atom stereocenters. The average molecular weight is 195 g/mol. The second-order valence-electron chi connectivity index (χ2n) is 4.48. The molecule has 0 saturated heterocycles. The normalized spacial score (nSPS) is 11.4. The van der Waals surface area contributed by atoms with Crippen LogP contribution in [0.5, 0.6) is 5.75 Å². The Morgan fingerprint density at radius 1 is 1.43 bits per heavy atom. The Hall–Kier alpha value is -1.32. The quantitative estimate of drug-likeness (QED) is 0.779. The van der Waals surface area contributed by atoms with Crippen LogP contribution in [0.1, 0.15) is 26.6 Å². The number of hydrogen-bond donors (Lipinski definition) is 1. The van der Waals surface area contributed by atoms with Gasteiger partial charge in [-0.2, -0.15) is 0 Å². The van der Waals surface area contributed by atoms with Crippen LogP contribution in [-0.2, 0) is 6.42 Å². The minimum absolute atomic E-state index is 0.168. The van der Waals surface area contributed by atoms with E-state index in [2.05, 4.69) is 30.7 Å². The van der Waals surface area contributed by atoms with Gasteiger partial charge in [0.1, 0.15) is 5.82 Å². The topological polar surface area (TPSA) is 61.0 Å². The highest BCUT2D eigenvalue weighted by Gasteiger charge is 2.14. The molecular formula is C10H17N3O. The molecule has 0 saturated carbocycles. The van der Waals surface area contributed by atoms with E-state index in [1.165, 1.54) is 0 Å². The number of rotatable bonds is 2. The van der Waals surface area contributed by atoms with Gasteiger partial charge in [0.15, 0.2) is 11.6 Å². The predicted molar refractivity (Wildman–Crippen MR) is 56.2 cm³/mol. The summed E-state index contributed by atoms with van der Waals surface area (Å²) < 4.78 is 4.98. The lowest BCUT2D eigenvalue weighted by atomic mass is 9.92. The van der Waals surface area contributed by atoms with E-state index in [4.69, 9.17) is 10.5 Å². The summed E-state index contributed by atoms with van der Waals surface area (Å²) in [4.78, 5) is 8.35. The van der Waals surface area contributed by atoms with Crippen molar-refractivity contribution in [2.75, 3.05) is 12.8 Å². The van der Waals surface area contributed by atoms with Crippen LogP contribution in [0.3, 0.4) is 0 Å². The molecule has 14 heavy (non-hydrogen) atoms. The van der Waals surface area contributed by atoms with Crippen molar-refractivity contribution < 1.29 is 4.74 Å². The van der Waals surface area contributed by atoms with Gasteiger partial charge in [-0.3, -0.25) is 0 Å². The van der Waals surface area contributed by atoms with Crippen molar-refractivity contribution in [1.29, 1.82) is 0 Å². The summed E-state index contributed by atoms with van der Waals surface area (Å²) in [5, 5.41) is 0. The van der Waals surface area contributed by atoms with Gasteiger partial charge in [-0.05, 0) is 5.41 Å². The second-order valence-corrected chi connectivity index (χ2v) is 4.48. The van der Waals surface area contributed by atoms with E-state index in [9.17, 15) is 0 Å². The van der Waals surface area contributed by atoms with Crippen molar-refractivity contribution in [2.45, 2.75) is 27.2 Å². The molecule has 1 aromatic heterocycles. The first-order chi connectivity index (χ1) is 6.42. The number of nitrogens with zero attached hydrogens (tertiary/aromatic N) is 2. The summed E-state index contributed by atoms with van der Waals surface area (Å²) in [6, 6.07) is 0. The molecule has 0 atom stereocenters. The van der Waals surface area contributed by atoms with Gasteiger partial charge < -0.3 is 10.5 Å². The molecule has 0 spiro atoms. The summed E-state index contributed by atoms with van der Waals surface area (Å²) in [5.74, 6) is 1.69. The largest absolute Gasteiger partial charge is 0.491 e. The van der Waals surface area contributed by atoms with Gasteiger partial charge in [-0.1, -0.05) is 20.8 Å². The van der Waals surface area contributed by atoms with E-state index < -0.39 is 0 Å². The molecule has 0 aromatic carbocycles. The molecule has 0 amide bonds. The Balaban J connectivity index is 2.87. The summed E-state index contributed by atoms with van der Waals surface area (Å²) in [6.07, 6.45) is 2.42. The molecule has 0 aliphatic rings. The van der Waals surface area contributed by atoms with E-state index in [0.717, 1.165) is 12.2 Å². The van der Waals surface area contributed by atoms with E-state index in [1.807, 2.05) is 0 Å². The van der Waals surface area contributed by atoms with E-state index in [0.29, 0.717) is 11.6 Å². The van der Waals surface area contributed by atoms with Gasteiger partial charge in [-0.15, -0.1) is 0 Å².